The Bertz CT molecular complexity index is 977. The number of aromatic nitrogens is 2. The highest BCUT2D eigenvalue weighted by atomic mass is 32.1. The number of hydrogen-bond donors (Lipinski definition) is 1. The summed E-state index contributed by atoms with van der Waals surface area (Å²) < 4.78 is 5.91. The molecule has 0 amide bonds. The molecular weight excluding hydrogens is 358 g/mol. The molecule has 0 bridgehead atoms. The van der Waals surface area contributed by atoms with Crippen molar-refractivity contribution in [1.29, 1.82) is 0 Å². The van der Waals surface area contributed by atoms with E-state index in [-0.39, 0.29) is 5.56 Å². The number of nitrogens with zero attached hydrogens (tertiary/aromatic N) is 2. The van der Waals surface area contributed by atoms with Crippen LogP contribution in [0.3, 0.4) is 0 Å². The molecule has 0 aliphatic carbocycles. The van der Waals surface area contributed by atoms with Crippen LogP contribution in [0.1, 0.15) is 32.0 Å². The lowest BCUT2D eigenvalue weighted by Crippen LogP contribution is -2.35. The van der Waals surface area contributed by atoms with Crippen molar-refractivity contribution in [2.24, 2.45) is 5.92 Å². The van der Waals surface area contributed by atoms with Crippen molar-refractivity contribution in [2.45, 2.75) is 32.7 Å². The van der Waals surface area contributed by atoms with Crippen LogP contribution in [-0.4, -0.2) is 35.1 Å². The SMILES string of the molecule is CCC1CCCN(Cc2nc3cc(-c4ccc(OC)cc4)sc3c(=O)[nH]2)C1. The standard InChI is InChI=1S/C21H25N3O2S/c1-3-14-5-4-10-24(12-14)13-19-22-17-11-18(27-20(17)21(25)23-19)15-6-8-16(26-2)9-7-15/h6-9,11,14H,3-5,10,12-13H2,1-2H3,(H,22,23,25). The summed E-state index contributed by atoms with van der Waals surface area (Å²) in [6, 6.07) is 9.91. The van der Waals surface area contributed by atoms with Gasteiger partial charge in [0.25, 0.3) is 5.56 Å². The zero-order valence-electron chi connectivity index (χ0n) is 15.8. The Morgan fingerprint density at radius 2 is 2.15 bits per heavy atom. The maximum absolute atomic E-state index is 12.6. The fourth-order valence-corrected chi connectivity index (χ4v) is 4.80. The fraction of sp³-hybridized carbons (Fsp3) is 0.429. The number of rotatable bonds is 5. The van der Waals surface area contributed by atoms with Gasteiger partial charge in [-0.3, -0.25) is 9.69 Å². The zero-order valence-corrected chi connectivity index (χ0v) is 16.6. The molecule has 2 aromatic heterocycles. The predicted molar refractivity (Wildman–Crippen MR) is 111 cm³/mol. The monoisotopic (exact) mass is 383 g/mol. The van der Waals surface area contributed by atoms with Crippen LogP contribution in [0.15, 0.2) is 35.1 Å². The Hall–Kier alpha value is -2.18. The van der Waals surface area contributed by atoms with E-state index in [1.165, 1.54) is 30.6 Å². The summed E-state index contributed by atoms with van der Waals surface area (Å²) in [5, 5.41) is 0. The van der Waals surface area contributed by atoms with Crippen LogP contribution in [0, 0.1) is 5.92 Å². The molecule has 6 heteroatoms. The Morgan fingerprint density at radius 3 is 2.89 bits per heavy atom. The Morgan fingerprint density at radius 1 is 1.33 bits per heavy atom. The van der Waals surface area contributed by atoms with Gasteiger partial charge < -0.3 is 9.72 Å². The van der Waals surface area contributed by atoms with Gasteiger partial charge in [0, 0.05) is 11.4 Å². The topological polar surface area (TPSA) is 58.2 Å². The van der Waals surface area contributed by atoms with Gasteiger partial charge in [-0.1, -0.05) is 13.3 Å². The number of piperidine rings is 1. The van der Waals surface area contributed by atoms with Crippen LogP contribution in [0.4, 0.5) is 0 Å². The van der Waals surface area contributed by atoms with E-state index in [0.717, 1.165) is 53.1 Å². The minimum absolute atomic E-state index is 0.0381. The number of hydrogen-bond acceptors (Lipinski definition) is 5. The highest BCUT2D eigenvalue weighted by Gasteiger charge is 2.20. The number of methoxy groups -OCH3 is 1. The van der Waals surface area contributed by atoms with E-state index in [2.05, 4.69) is 16.8 Å². The molecule has 0 radical (unpaired) electrons. The van der Waals surface area contributed by atoms with Crippen LogP contribution < -0.4 is 10.3 Å². The first kappa shape index (κ1) is 18.2. The van der Waals surface area contributed by atoms with Gasteiger partial charge in [-0.15, -0.1) is 11.3 Å². The molecule has 1 saturated heterocycles. The van der Waals surface area contributed by atoms with E-state index in [1.807, 2.05) is 30.3 Å². The molecule has 1 aromatic carbocycles. The van der Waals surface area contributed by atoms with Crippen molar-refractivity contribution >= 4 is 21.6 Å². The number of benzene rings is 1. The predicted octanol–water partition coefficient (Wildman–Crippen LogP) is 4.28. The summed E-state index contributed by atoms with van der Waals surface area (Å²) in [5.41, 5.74) is 1.82. The van der Waals surface area contributed by atoms with Gasteiger partial charge in [0.05, 0.1) is 19.2 Å². The van der Waals surface area contributed by atoms with Crippen LogP contribution in [0.25, 0.3) is 20.7 Å². The maximum Gasteiger partial charge on any atom is 0.268 e. The quantitative estimate of drug-likeness (QED) is 0.714. The number of H-pyrrole nitrogens is 1. The van der Waals surface area contributed by atoms with E-state index in [1.54, 1.807) is 7.11 Å². The summed E-state index contributed by atoms with van der Waals surface area (Å²) >= 11 is 1.49. The van der Waals surface area contributed by atoms with Gasteiger partial charge in [0.1, 0.15) is 16.3 Å². The summed E-state index contributed by atoms with van der Waals surface area (Å²) in [6.45, 7) is 5.15. The summed E-state index contributed by atoms with van der Waals surface area (Å²) in [5.74, 6) is 2.35. The van der Waals surface area contributed by atoms with Crippen LogP contribution in [-0.2, 0) is 6.54 Å². The third-order valence-electron chi connectivity index (χ3n) is 5.36. The molecule has 0 spiro atoms. The summed E-state index contributed by atoms with van der Waals surface area (Å²) in [6.07, 6.45) is 3.76. The molecule has 1 aliphatic rings. The van der Waals surface area contributed by atoms with Crippen molar-refractivity contribution in [2.75, 3.05) is 20.2 Å². The molecule has 3 aromatic rings. The average Bonchev–Trinajstić information content (AvgIpc) is 3.13. The first-order valence-corrected chi connectivity index (χ1v) is 10.4. The number of ether oxygens (including phenoxy) is 1. The first-order chi connectivity index (χ1) is 13.2. The number of nitrogens with one attached hydrogen (secondary N) is 1. The van der Waals surface area contributed by atoms with Gasteiger partial charge in [0.15, 0.2) is 0 Å². The molecule has 142 valence electrons. The summed E-state index contributed by atoms with van der Waals surface area (Å²) in [7, 11) is 1.66. The molecule has 1 unspecified atom stereocenters. The molecule has 1 aliphatic heterocycles. The molecule has 5 nitrogen and oxygen atoms in total. The number of fused-ring (bicyclic) bond motifs is 1. The lowest BCUT2D eigenvalue weighted by molar-refractivity contribution is 0.161. The van der Waals surface area contributed by atoms with E-state index >= 15 is 0 Å². The first-order valence-electron chi connectivity index (χ1n) is 9.55. The maximum atomic E-state index is 12.6. The molecular formula is C21H25N3O2S. The molecule has 1 N–H and O–H groups in total. The number of likely N-dealkylation sites (tertiary alicyclic amines) is 1. The Kier molecular flexibility index (Phi) is 5.27. The second kappa shape index (κ2) is 7.82. The number of thiophene rings is 1. The smallest absolute Gasteiger partial charge is 0.268 e. The molecule has 3 heterocycles. The van der Waals surface area contributed by atoms with Crippen molar-refractivity contribution in [3.05, 3.63) is 46.5 Å². The van der Waals surface area contributed by atoms with Crippen molar-refractivity contribution in [3.8, 4) is 16.2 Å². The van der Waals surface area contributed by atoms with Crippen molar-refractivity contribution in [3.63, 3.8) is 0 Å². The van der Waals surface area contributed by atoms with Gasteiger partial charge in [-0.25, -0.2) is 4.98 Å². The lowest BCUT2D eigenvalue weighted by Gasteiger charge is -2.31. The van der Waals surface area contributed by atoms with E-state index in [0.29, 0.717) is 4.70 Å². The van der Waals surface area contributed by atoms with E-state index < -0.39 is 0 Å². The number of aromatic amines is 1. The van der Waals surface area contributed by atoms with Gasteiger partial charge >= 0.3 is 0 Å². The fourth-order valence-electron chi connectivity index (χ4n) is 3.80. The minimum atomic E-state index is -0.0381. The van der Waals surface area contributed by atoms with E-state index in [9.17, 15) is 4.79 Å². The third kappa shape index (κ3) is 3.92. The molecule has 1 atom stereocenters. The van der Waals surface area contributed by atoms with Crippen molar-refractivity contribution < 1.29 is 4.74 Å². The van der Waals surface area contributed by atoms with Crippen molar-refractivity contribution in [1.82, 2.24) is 14.9 Å². The highest BCUT2D eigenvalue weighted by molar-refractivity contribution is 7.22. The second-order valence-corrected chi connectivity index (χ2v) is 8.27. The Labute approximate surface area is 163 Å². The minimum Gasteiger partial charge on any atom is -0.497 e. The van der Waals surface area contributed by atoms with Gasteiger partial charge in [-0.05, 0) is 61.2 Å². The molecule has 0 saturated carbocycles. The van der Waals surface area contributed by atoms with Crippen LogP contribution in [0.2, 0.25) is 0 Å². The van der Waals surface area contributed by atoms with Crippen LogP contribution in [0.5, 0.6) is 5.75 Å². The largest absolute Gasteiger partial charge is 0.497 e. The highest BCUT2D eigenvalue weighted by Crippen LogP contribution is 2.32. The average molecular weight is 384 g/mol. The third-order valence-corrected chi connectivity index (χ3v) is 6.53. The Balaban J connectivity index is 1.60. The normalized spacial score (nSPS) is 18.1. The second-order valence-electron chi connectivity index (χ2n) is 7.22. The molecule has 4 rings (SSSR count). The van der Waals surface area contributed by atoms with Crippen LogP contribution >= 0.6 is 11.3 Å². The molecule has 27 heavy (non-hydrogen) atoms. The van der Waals surface area contributed by atoms with Gasteiger partial charge in [0.2, 0.25) is 0 Å². The summed E-state index contributed by atoms with van der Waals surface area (Å²) in [4.78, 5) is 23.8. The van der Waals surface area contributed by atoms with E-state index in [4.69, 9.17) is 9.72 Å². The van der Waals surface area contributed by atoms with Gasteiger partial charge in [-0.2, -0.15) is 0 Å². The lowest BCUT2D eigenvalue weighted by atomic mass is 9.96. The molecule has 1 fully saturated rings. The zero-order chi connectivity index (χ0) is 18.8.